The minimum absolute atomic E-state index is 0.0724. The van der Waals surface area contributed by atoms with Crippen molar-refractivity contribution in [1.82, 2.24) is 20.2 Å². The fraction of sp³-hybridized carbons (Fsp3) is 0.269. The smallest absolute Gasteiger partial charge is 0.416 e. The van der Waals surface area contributed by atoms with Gasteiger partial charge >= 0.3 is 18.5 Å². The normalized spacial score (nSPS) is 12.5. The summed E-state index contributed by atoms with van der Waals surface area (Å²) in [7, 11) is 2.45. The first-order valence-electron chi connectivity index (χ1n) is 11.8. The van der Waals surface area contributed by atoms with Crippen molar-refractivity contribution in [3.63, 3.8) is 0 Å². The number of halogens is 10. The molecule has 0 saturated heterocycles. The molecular weight excluding hydrogens is 588 g/mol. The largest absolute Gasteiger partial charge is 0.494 e. The number of anilines is 1. The fourth-order valence-corrected chi connectivity index (χ4v) is 4.27. The van der Waals surface area contributed by atoms with E-state index in [1.807, 2.05) is 0 Å². The summed E-state index contributed by atoms with van der Waals surface area (Å²) in [5.74, 6) is -1.66. The number of hydrogen-bond donors (Lipinski definition) is 0. The lowest BCUT2D eigenvalue weighted by molar-refractivity contribution is -0.143. The Bertz CT molecular complexity index is 1540. The molecule has 42 heavy (non-hydrogen) atoms. The minimum Gasteiger partial charge on any atom is -0.494 e. The lowest BCUT2D eigenvalue weighted by atomic mass is 9.93. The maximum atomic E-state index is 15.2. The molecule has 0 aliphatic carbocycles. The molecule has 0 saturated carbocycles. The van der Waals surface area contributed by atoms with E-state index >= 15 is 4.39 Å². The van der Waals surface area contributed by atoms with Gasteiger partial charge in [0, 0.05) is 18.7 Å². The Morgan fingerprint density at radius 1 is 0.786 bits per heavy atom. The molecule has 0 amide bonds. The Morgan fingerprint density at radius 2 is 1.38 bits per heavy atom. The first-order valence-corrected chi connectivity index (χ1v) is 11.8. The summed E-state index contributed by atoms with van der Waals surface area (Å²) in [5.41, 5.74) is -6.11. The van der Waals surface area contributed by atoms with Gasteiger partial charge in [-0.2, -0.15) is 44.3 Å². The van der Waals surface area contributed by atoms with Crippen LogP contribution >= 0.6 is 0 Å². The molecule has 0 unspecified atom stereocenters. The van der Waals surface area contributed by atoms with Crippen LogP contribution < -0.4 is 9.64 Å². The van der Waals surface area contributed by atoms with Crippen LogP contribution in [0.4, 0.5) is 49.9 Å². The second kappa shape index (κ2) is 11.1. The minimum atomic E-state index is -5.16. The molecule has 224 valence electrons. The molecule has 4 aromatic rings. The van der Waals surface area contributed by atoms with Crippen molar-refractivity contribution in [1.29, 1.82) is 0 Å². The van der Waals surface area contributed by atoms with E-state index in [1.165, 1.54) is 31.3 Å². The van der Waals surface area contributed by atoms with Gasteiger partial charge in [0.05, 0.1) is 30.8 Å². The molecule has 0 N–H and O–H groups in total. The van der Waals surface area contributed by atoms with E-state index < -0.39 is 71.2 Å². The summed E-state index contributed by atoms with van der Waals surface area (Å²) >= 11 is 0. The predicted octanol–water partition coefficient (Wildman–Crippen LogP) is 7.29. The van der Waals surface area contributed by atoms with Crippen molar-refractivity contribution in [2.24, 2.45) is 7.05 Å². The Balaban J connectivity index is 1.91. The molecule has 0 fully saturated rings. The lowest BCUT2D eigenvalue weighted by Crippen LogP contribution is -2.26. The van der Waals surface area contributed by atoms with Crippen LogP contribution in [0, 0.1) is 5.82 Å². The lowest BCUT2D eigenvalue weighted by Gasteiger charge is -2.26. The highest BCUT2D eigenvalue weighted by Gasteiger charge is 2.38. The molecule has 0 bridgehead atoms. The third-order valence-electron chi connectivity index (χ3n) is 6.11. The van der Waals surface area contributed by atoms with Crippen molar-refractivity contribution in [3.8, 4) is 16.9 Å². The van der Waals surface area contributed by atoms with Gasteiger partial charge in [-0.25, -0.2) is 4.39 Å². The van der Waals surface area contributed by atoms with Crippen molar-refractivity contribution >= 4 is 5.95 Å². The van der Waals surface area contributed by atoms with Gasteiger partial charge in [0.1, 0.15) is 0 Å². The van der Waals surface area contributed by atoms with Crippen LogP contribution in [0.2, 0.25) is 0 Å². The van der Waals surface area contributed by atoms with Crippen LogP contribution in [0.25, 0.3) is 11.1 Å². The van der Waals surface area contributed by atoms with E-state index in [0.29, 0.717) is 18.2 Å². The average molecular weight is 607 g/mol. The predicted molar refractivity (Wildman–Crippen MR) is 129 cm³/mol. The number of nitrogens with zero attached hydrogens (tertiary/aromatic N) is 5. The standard InChI is InChI=1S/C26H19F10N5O/c1-40-38-23(37-39-40)41(12-14-9-15(24(28,29)30)11-16(10-14)25(31,32)33)13-19-17(5-3-7-20(19)26(34,35)36)18-6-4-8-21(42-2)22(18)27/h3-11H,12-13H2,1-2H3. The second-order valence-corrected chi connectivity index (χ2v) is 9.00. The number of hydrogen-bond acceptors (Lipinski definition) is 5. The van der Waals surface area contributed by atoms with Gasteiger partial charge in [0.25, 0.3) is 5.95 Å². The third-order valence-corrected chi connectivity index (χ3v) is 6.11. The molecule has 0 radical (unpaired) electrons. The summed E-state index contributed by atoms with van der Waals surface area (Å²) in [6.07, 6.45) is -15.3. The molecule has 0 atom stereocenters. The monoisotopic (exact) mass is 607 g/mol. The number of ether oxygens (including phenoxy) is 1. The SMILES string of the molecule is COc1cccc(-c2cccc(C(F)(F)F)c2CN(Cc2cc(C(F)(F)F)cc(C(F)(F)F)c2)c2nnn(C)n2)c1F. The van der Waals surface area contributed by atoms with Crippen LogP contribution in [0.3, 0.4) is 0 Å². The third kappa shape index (κ3) is 6.57. The zero-order chi connectivity index (χ0) is 31.0. The Morgan fingerprint density at radius 3 is 1.90 bits per heavy atom. The first-order chi connectivity index (χ1) is 19.5. The van der Waals surface area contributed by atoms with E-state index in [2.05, 4.69) is 15.4 Å². The number of methoxy groups -OCH3 is 1. The Hall–Kier alpha value is -4.37. The van der Waals surface area contributed by atoms with E-state index in [1.54, 1.807) is 0 Å². The molecule has 0 aliphatic heterocycles. The van der Waals surface area contributed by atoms with E-state index in [0.717, 1.165) is 22.9 Å². The van der Waals surface area contributed by atoms with Crippen LogP contribution in [0.1, 0.15) is 27.8 Å². The van der Waals surface area contributed by atoms with Crippen LogP contribution in [0.15, 0.2) is 54.6 Å². The highest BCUT2D eigenvalue weighted by atomic mass is 19.4. The molecule has 4 rings (SSSR count). The summed E-state index contributed by atoms with van der Waals surface area (Å²) in [5, 5.41) is 11.2. The van der Waals surface area contributed by atoms with E-state index in [4.69, 9.17) is 4.74 Å². The van der Waals surface area contributed by atoms with Crippen LogP contribution in [-0.4, -0.2) is 27.3 Å². The fourth-order valence-electron chi connectivity index (χ4n) is 4.27. The molecule has 6 nitrogen and oxygen atoms in total. The van der Waals surface area contributed by atoms with Crippen LogP contribution in [-0.2, 0) is 38.7 Å². The zero-order valence-electron chi connectivity index (χ0n) is 21.5. The van der Waals surface area contributed by atoms with Gasteiger partial charge < -0.3 is 9.64 Å². The number of rotatable bonds is 7. The number of aryl methyl sites for hydroxylation is 1. The molecule has 1 heterocycles. The van der Waals surface area contributed by atoms with Crippen molar-refractivity contribution in [3.05, 3.63) is 88.2 Å². The molecule has 0 spiro atoms. The molecule has 0 aliphatic rings. The second-order valence-electron chi connectivity index (χ2n) is 9.00. The summed E-state index contributed by atoms with van der Waals surface area (Å²) in [6, 6.07) is 7.53. The maximum Gasteiger partial charge on any atom is 0.416 e. The quantitative estimate of drug-likeness (QED) is 0.207. The average Bonchev–Trinajstić information content (AvgIpc) is 3.33. The van der Waals surface area contributed by atoms with Gasteiger partial charge in [-0.05, 0) is 52.2 Å². The van der Waals surface area contributed by atoms with Gasteiger partial charge in [0.15, 0.2) is 11.6 Å². The van der Waals surface area contributed by atoms with E-state index in [-0.39, 0.29) is 22.9 Å². The van der Waals surface area contributed by atoms with Gasteiger partial charge in [-0.3, -0.25) is 0 Å². The zero-order valence-corrected chi connectivity index (χ0v) is 21.5. The van der Waals surface area contributed by atoms with Crippen molar-refractivity contribution in [2.45, 2.75) is 31.6 Å². The highest BCUT2D eigenvalue weighted by molar-refractivity contribution is 5.71. The summed E-state index contributed by atoms with van der Waals surface area (Å²) in [6.45, 7) is -1.62. The van der Waals surface area contributed by atoms with Gasteiger partial charge in [-0.1, -0.05) is 29.4 Å². The number of benzene rings is 3. The molecule has 16 heteroatoms. The van der Waals surface area contributed by atoms with Crippen LogP contribution in [0.5, 0.6) is 5.75 Å². The summed E-state index contributed by atoms with van der Waals surface area (Å²) in [4.78, 5) is 1.81. The number of aromatic nitrogens is 4. The summed E-state index contributed by atoms with van der Waals surface area (Å²) < 4.78 is 144. The van der Waals surface area contributed by atoms with Crippen molar-refractivity contribution < 1.29 is 48.6 Å². The van der Waals surface area contributed by atoms with E-state index in [9.17, 15) is 39.5 Å². The maximum absolute atomic E-state index is 15.2. The Kier molecular flexibility index (Phi) is 8.11. The van der Waals surface area contributed by atoms with Gasteiger partial charge in [0.2, 0.25) is 0 Å². The topological polar surface area (TPSA) is 56.1 Å². The molecule has 1 aromatic heterocycles. The number of alkyl halides is 9. The first kappa shape index (κ1) is 30.6. The van der Waals surface area contributed by atoms with Crippen molar-refractivity contribution in [2.75, 3.05) is 12.0 Å². The highest BCUT2D eigenvalue weighted by Crippen LogP contribution is 2.41. The molecular formula is C26H19F10N5O. The Labute approximate surface area is 231 Å². The van der Waals surface area contributed by atoms with Gasteiger partial charge in [-0.15, -0.1) is 5.10 Å². The molecule has 3 aromatic carbocycles. The number of tetrazole rings is 1.